The SMILES string of the molecule is CCCOc1cc(Br)c(/C=C2\C(=O)NC(=O)N(c3ccc(OCCC)c(OCC)c3)C2=O)cc1OC. The zero-order valence-corrected chi connectivity index (χ0v) is 22.3. The number of imide groups is 2. The lowest BCUT2D eigenvalue weighted by Crippen LogP contribution is -2.54. The highest BCUT2D eigenvalue weighted by Gasteiger charge is 2.37. The van der Waals surface area contributed by atoms with E-state index in [9.17, 15) is 14.4 Å². The van der Waals surface area contributed by atoms with Crippen molar-refractivity contribution in [1.29, 1.82) is 0 Å². The fraction of sp³-hybridized carbons (Fsp3) is 0.346. The third-order valence-electron chi connectivity index (χ3n) is 5.09. The summed E-state index contributed by atoms with van der Waals surface area (Å²) in [6, 6.07) is 7.24. The monoisotopic (exact) mass is 560 g/mol. The Morgan fingerprint density at radius 1 is 0.889 bits per heavy atom. The number of barbiturate groups is 1. The van der Waals surface area contributed by atoms with E-state index < -0.39 is 17.8 Å². The topological polar surface area (TPSA) is 103 Å². The number of hydrogen-bond acceptors (Lipinski definition) is 7. The Balaban J connectivity index is 2.00. The lowest BCUT2D eigenvalue weighted by molar-refractivity contribution is -0.122. The molecule has 0 aromatic heterocycles. The quantitative estimate of drug-likeness (QED) is 0.301. The highest BCUT2D eigenvalue weighted by molar-refractivity contribution is 9.10. The first kappa shape index (κ1) is 27.1. The van der Waals surface area contributed by atoms with E-state index in [-0.39, 0.29) is 11.3 Å². The molecule has 0 saturated carbocycles. The van der Waals surface area contributed by atoms with Crippen molar-refractivity contribution >= 4 is 45.5 Å². The van der Waals surface area contributed by atoms with Crippen LogP contribution in [0.4, 0.5) is 10.5 Å². The number of amides is 4. The van der Waals surface area contributed by atoms with Gasteiger partial charge in [-0.3, -0.25) is 14.9 Å². The van der Waals surface area contributed by atoms with E-state index in [1.165, 1.54) is 19.3 Å². The van der Waals surface area contributed by atoms with Crippen molar-refractivity contribution in [2.45, 2.75) is 33.6 Å². The zero-order chi connectivity index (χ0) is 26.2. The molecule has 1 aliphatic rings. The zero-order valence-electron chi connectivity index (χ0n) is 20.7. The van der Waals surface area contributed by atoms with Crippen molar-refractivity contribution in [3.63, 3.8) is 0 Å². The van der Waals surface area contributed by atoms with E-state index in [1.807, 2.05) is 20.8 Å². The standard InChI is InChI=1S/C26H29BrN2O7/c1-5-10-35-20-9-8-17(14-22(20)34-7-3)29-25(31)18(24(30)28-26(29)32)12-16-13-21(33-4)23(15-19(16)27)36-11-6-2/h8-9,12-15H,5-7,10-11H2,1-4H3,(H,28,30,32)/b18-12+. The second kappa shape index (κ2) is 12.4. The predicted octanol–water partition coefficient (Wildman–Crippen LogP) is 5.10. The van der Waals surface area contributed by atoms with E-state index in [4.69, 9.17) is 18.9 Å². The van der Waals surface area contributed by atoms with Crippen molar-refractivity contribution in [1.82, 2.24) is 5.32 Å². The van der Waals surface area contributed by atoms with Gasteiger partial charge in [-0.2, -0.15) is 0 Å². The Labute approximate surface area is 218 Å². The maximum absolute atomic E-state index is 13.4. The maximum Gasteiger partial charge on any atom is 0.335 e. The first-order valence-corrected chi connectivity index (χ1v) is 12.4. The number of rotatable bonds is 11. The Bertz CT molecular complexity index is 1180. The van der Waals surface area contributed by atoms with Crippen LogP contribution in [0.5, 0.6) is 23.0 Å². The number of anilines is 1. The number of carbonyl (C=O) groups is 3. The van der Waals surface area contributed by atoms with Crippen LogP contribution in [-0.2, 0) is 9.59 Å². The number of nitrogens with zero attached hydrogens (tertiary/aromatic N) is 1. The summed E-state index contributed by atoms with van der Waals surface area (Å²) in [6.07, 6.45) is 3.03. The first-order valence-electron chi connectivity index (χ1n) is 11.7. The maximum atomic E-state index is 13.4. The van der Waals surface area contributed by atoms with E-state index in [1.54, 1.807) is 24.3 Å². The van der Waals surface area contributed by atoms with Crippen LogP contribution in [0.1, 0.15) is 39.2 Å². The molecule has 1 N–H and O–H groups in total. The van der Waals surface area contributed by atoms with Gasteiger partial charge in [0, 0.05) is 10.5 Å². The van der Waals surface area contributed by atoms with Crippen molar-refractivity contribution in [3.05, 3.63) is 45.9 Å². The normalized spacial score (nSPS) is 14.6. The molecule has 2 aromatic carbocycles. The van der Waals surface area contributed by atoms with E-state index >= 15 is 0 Å². The molecule has 0 unspecified atom stereocenters. The van der Waals surface area contributed by atoms with Crippen molar-refractivity contribution in [2.75, 3.05) is 31.8 Å². The molecule has 192 valence electrons. The molecule has 4 amide bonds. The molecular weight excluding hydrogens is 532 g/mol. The largest absolute Gasteiger partial charge is 0.493 e. The summed E-state index contributed by atoms with van der Waals surface area (Å²) in [4.78, 5) is 39.6. The average molecular weight is 561 g/mol. The molecule has 9 nitrogen and oxygen atoms in total. The number of nitrogens with one attached hydrogen (secondary N) is 1. The van der Waals surface area contributed by atoms with Gasteiger partial charge in [0.05, 0.1) is 32.6 Å². The average Bonchev–Trinajstić information content (AvgIpc) is 2.85. The van der Waals surface area contributed by atoms with Gasteiger partial charge in [0.25, 0.3) is 11.8 Å². The minimum absolute atomic E-state index is 0.219. The van der Waals surface area contributed by atoms with Gasteiger partial charge in [0.2, 0.25) is 0 Å². The lowest BCUT2D eigenvalue weighted by Gasteiger charge is -2.27. The fourth-order valence-corrected chi connectivity index (χ4v) is 3.87. The van der Waals surface area contributed by atoms with Gasteiger partial charge in [-0.15, -0.1) is 0 Å². The number of halogens is 1. The van der Waals surface area contributed by atoms with Gasteiger partial charge in [-0.25, -0.2) is 9.69 Å². The molecule has 3 rings (SSSR count). The van der Waals surface area contributed by atoms with Crippen molar-refractivity contribution in [2.24, 2.45) is 0 Å². The van der Waals surface area contributed by atoms with Crippen LogP contribution in [0, 0.1) is 0 Å². The molecule has 1 fully saturated rings. The number of ether oxygens (including phenoxy) is 4. The number of benzene rings is 2. The highest BCUT2D eigenvalue weighted by atomic mass is 79.9. The first-order chi connectivity index (χ1) is 17.3. The summed E-state index contributed by atoms with van der Waals surface area (Å²) in [5.74, 6) is 0.289. The molecule has 0 bridgehead atoms. The third-order valence-corrected chi connectivity index (χ3v) is 5.78. The minimum atomic E-state index is -0.855. The number of methoxy groups -OCH3 is 1. The molecule has 1 saturated heterocycles. The second-order valence-corrected chi connectivity index (χ2v) is 8.60. The van der Waals surface area contributed by atoms with E-state index in [0.29, 0.717) is 52.9 Å². The molecule has 1 aliphatic heterocycles. The van der Waals surface area contributed by atoms with Gasteiger partial charge in [-0.1, -0.05) is 29.8 Å². The van der Waals surface area contributed by atoms with Crippen LogP contribution in [0.25, 0.3) is 6.08 Å². The Kier molecular flexibility index (Phi) is 9.35. The lowest BCUT2D eigenvalue weighted by atomic mass is 10.1. The van der Waals surface area contributed by atoms with Gasteiger partial charge in [0.1, 0.15) is 5.57 Å². The summed E-state index contributed by atoms with van der Waals surface area (Å²) < 4.78 is 23.1. The second-order valence-electron chi connectivity index (χ2n) is 7.74. The summed E-state index contributed by atoms with van der Waals surface area (Å²) in [5.41, 5.74) is 0.522. The van der Waals surface area contributed by atoms with Gasteiger partial charge >= 0.3 is 6.03 Å². The van der Waals surface area contributed by atoms with Crippen LogP contribution in [0.15, 0.2) is 40.4 Å². The summed E-state index contributed by atoms with van der Waals surface area (Å²) in [6.45, 7) is 7.15. The third kappa shape index (κ3) is 5.99. The van der Waals surface area contributed by atoms with Crippen LogP contribution in [0.2, 0.25) is 0 Å². The highest BCUT2D eigenvalue weighted by Crippen LogP contribution is 2.36. The van der Waals surface area contributed by atoms with Crippen molar-refractivity contribution in [3.8, 4) is 23.0 Å². The Morgan fingerprint density at radius 2 is 1.56 bits per heavy atom. The summed E-state index contributed by atoms with van der Waals surface area (Å²) >= 11 is 3.46. The number of carbonyl (C=O) groups excluding carboxylic acids is 3. The molecule has 0 aliphatic carbocycles. The molecule has 2 aromatic rings. The van der Waals surface area contributed by atoms with E-state index in [0.717, 1.165) is 17.7 Å². The molecule has 0 spiro atoms. The van der Waals surface area contributed by atoms with E-state index in [2.05, 4.69) is 21.2 Å². The fourth-order valence-electron chi connectivity index (χ4n) is 3.43. The number of hydrogen-bond donors (Lipinski definition) is 1. The molecule has 0 radical (unpaired) electrons. The van der Waals surface area contributed by atoms with Crippen molar-refractivity contribution < 1.29 is 33.3 Å². The summed E-state index contributed by atoms with van der Waals surface area (Å²) in [5, 5.41) is 2.23. The molecule has 10 heteroatoms. The minimum Gasteiger partial charge on any atom is -0.493 e. The number of urea groups is 1. The van der Waals surface area contributed by atoms with Gasteiger partial charge < -0.3 is 18.9 Å². The van der Waals surface area contributed by atoms with Crippen LogP contribution in [0.3, 0.4) is 0 Å². The Hall–Kier alpha value is -3.53. The van der Waals surface area contributed by atoms with Crippen LogP contribution >= 0.6 is 15.9 Å². The molecule has 1 heterocycles. The molecule has 0 atom stereocenters. The Morgan fingerprint density at radius 3 is 2.19 bits per heavy atom. The van der Waals surface area contributed by atoms with Gasteiger partial charge in [-0.05, 0) is 55.7 Å². The molecule has 36 heavy (non-hydrogen) atoms. The van der Waals surface area contributed by atoms with Crippen LogP contribution < -0.4 is 29.2 Å². The van der Waals surface area contributed by atoms with Gasteiger partial charge in [0.15, 0.2) is 23.0 Å². The molecular formula is C26H29BrN2O7. The summed E-state index contributed by atoms with van der Waals surface area (Å²) in [7, 11) is 1.50. The predicted molar refractivity (Wildman–Crippen MR) is 139 cm³/mol. The smallest absolute Gasteiger partial charge is 0.335 e. The van der Waals surface area contributed by atoms with Crippen LogP contribution in [-0.4, -0.2) is 44.8 Å².